The summed E-state index contributed by atoms with van der Waals surface area (Å²) in [4.78, 5) is 20.0. The van der Waals surface area contributed by atoms with Crippen molar-refractivity contribution in [1.82, 2.24) is 15.3 Å². The smallest absolute Gasteiger partial charge is 0.244 e. The number of nitrogens with zero attached hydrogens (tertiary/aromatic N) is 1. The Hall–Kier alpha value is -3.74. The van der Waals surface area contributed by atoms with Crippen molar-refractivity contribution in [2.75, 3.05) is 20.3 Å². The molecule has 3 aromatic rings. The molecule has 1 aliphatic heterocycles. The molecular weight excluding hydrogens is 382 g/mol. The van der Waals surface area contributed by atoms with Crippen LogP contribution in [0.4, 0.5) is 0 Å². The minimum Gasteiger partial charge on any atom is -0.493 e. The molecule has 7 heteroatoms. The molecule has 0 bridgehead atoms. The van der Waals surface area contributed by atoms with Gasteiger partial charge >= 0.3 is 0 Å². The van der Waals surface area contributed by atoms with E-state index in [-0.39, 0.29) is 11.9 Å². The molecule has 1 amide bonds. The lowest BCUT2D eigenvalue weighted by atomic mass is 10.1. The van der Waals surface area contributed by atoms with Crippen molar-refractivity contribution in [1.29, 1.82) is 0 Å². The fraction of sp³-hybridized carbons (Fsp3) is 0.217. The van der Waals surface area contributed by atoms with E-state index < -0.39 is 0 Å². The van der Waals surface area contributed by atoms with Gasteiger partial charge in [-0.2, -0.15) is 0 Å². The van der Waals surface area contributed by atoms with E-state index in [1.165, 1.54) is 6.08 Å². The van der Waals surface area contributed by atoms with E-state index in [4.69, 9.17) is 14.2 Å². The van der Waals surface area contributed by atoms with Crippen LogP contribution in [0.2, 0.25) is 0 Å². The maximum absolute atomic E-state index is 12.4. The standard InChI is InChI=1S/C23H23N3O4/c1-15(23-24-14-18(26-23)17-6-4-3-5-7-17)25-21(27)9-8-16-12-19(28-2)22-20(13-16)29-10-11-30-22/h3-9,12-15H,10-11H2,1-2H3,(H,24,26)(H,25,27)/b9-8+. The van der Waals surface area contributed by atoms with Gasteiger partial charge in [0.2, 0.25) is 11.7 Å². The molecule has 30 heavy (non-hydrogen) atoms. The lowest BCUT2D eigenvalue weighted by Gasteiger charge is -2.20. The Balaban J connectivity index is 1.42. The number of aromatic nitrogens is 2. The molecule has 7 nitrogen and oxygen atoms in total. The molecule has 2 aromatic carbocycles. The fourth-order valence-corrected chi connectivity index (χ4v) is 3.21. The number of amides is 1. The van der Waals surface area contributed by atoms with Crippen molar-refractivity contribution in [3.63, 3.8) is 0 Å². The predicted octanol–water partition coefficient (Wildman–Crippen LogP) is 3.75. The number of H-pyrrole nitrogens is 1. The highest BCUT2D eigenvalue weighted by molar-refractivity contribution is 5.92. The van der Waals surface area contributed by atoms with Gasteiger partial charge in [0.15, 0.2) is 11.5 Å². The lowest BCUT2D eigenvalue weighted by Crippen LogP contribution is -2.25. The lowest BCUT2D eigenvalue weighted by molar-refractivity contribution is -0.117. The molecular formula is C23H23N3O4. The van der Waals surface area contributed by atoms with E-state index in [9.17, 15) is 4.79 Å². The number of methoxy groups -OCH3 is 1. The number of ether oxygens (including phenoxy) is 3. The maximum Gasteiger partial charge on any atom is 0.244 e. The van der Waals surface area contributed by atoms with Crippen molar-refractivity contribution in [2.45, 2.75) is 13.0 Å². The largest absolute Gasteiger partial charge is 0.493 e. The number of hydrogen-bond donors (Lipinski definition) is 2. The molecule has 0 spiro atoms. The second kappa shape index (κ2) is 8.73. The molecule has 0 saturated carbocycles. The Morgan fingerprint density at radius 3 is 2.83 bits per heavy atom. The van der Waals surface area contributed by atoms with Crippen LogP contribution in [0.1, 0.15) is 24.4 Å². The van der Waals surface area contributed by atoms with E-state index in [2.05, 4.69) is 15.3 Å². The topological polar surface area (TPSA) is 85.5 Å². The summed E-state index contributed by atoms with van der Waals surface area (Å²) in [5, 5.41) is 2.92. The highest BCUT2D eigenvalue weighted by atomic mass is 16.6. The molecule has 4 rings (SSSR count). The number of fused-ring (bicyclic) bond motifs is 1. The van der Waals surface area contributed by atoms with Crippen LogP contribution in [0, 0.1) is 0 Å². The van der Waals surface area contributed by atoms with E-state index in [1.807, 2.05) is 43.3 Å². The minimum atomic E-state index is -0.269. The molecule has 0 radical (unpaired) electrons. The normalized spacial score (nSPS) is 13.8. The highest BCUT2D eigenvalue weighted by Crippen LogP contribution is 2.40. The SMILES string of the molecule is COc1cc(/C=C/C(=O)NC(C)c2ncc(-c3ccccc3)[nH]2)cc2c1OCCO2. The molecule has 0 saturated heterocycles. The average Bonchev–Trinajstić information content (AvgIpc) is 3.28. The summed E-state index contributed by atoms with van der Waals surface area (Å²) >= 11 is 0. The first kappa shape index (κ1) is 19.6. The van der Waals surface area contributed by atoms with Crippen LogP contribution >= 0.6 is 0 Å². The van der Waals surface area contributed by atoms with Crippen molar-refractivity contribution in [3.8, 4) is 28.5 Å². The molecule has 1 atom stereocenters. The van der Waals surface area contributed by atoms with Crippen LogP contribution in [0.3, 0.4) is 0 Å². The summed E-state index contributed by atoms with van der Waals surface area (Å²) in [7, 11) is 1.57. The quantitative estimate of drug-likeness (QED) is 0.610. The Bertz CT molecular complexity index is 1040. The zero-order valence-electron chi connectivity index (χ0n) is 16.8. The van der Waals surface area contributed by atoms with Crippen LogP contribution in [0.5, 0.6) is 17.2 Å². The molecule has 2 N–H and O–H groups in total. The van der Waals surface area contributed by atoms with Crippen LogP contribution in [-0.4, -0.2) is 36.2 Å². The molecule has 0 fully saturated rings. The first-order valence-electron chi connectivity index (χ1n) is 9.70. The van der Waals surface area contributed by atoms with E-state index in [1.54, 1.807) is 25.4 Å². The zero-order chi connectivity index (χ0) is 20.9. The molecule has 2 heterocycles. The monoisotopic (exact) mass is 405 g/mol. The molecule has 1 aliphatic rings. The number of nitrogens with one attached hydrogen (secondary N) is 2. The van der Waals surface area contributed by atoms with Crippen molar-refractivity contribution < 1.29 is 19.0 Å². The summed E-state index contributed by atoms with van der Waals surface area (Å²) in [6.07, 6.45) is 4.95. The Morgan fingerprint density at radius 1 is 1.23 bits per heavy atom. The first-order chi connectivity index (χ1) is 14.6. The molecule has 1 unspecified atom stereocenters. The van der Waals surface area contributed by atoms with Gasteiger partial charge in [-0.3, -0.25) is 4.79 Å². The van der Waals surface area contributed by atoms with Crippen LogP contribution in [0.15, 0.2) is 54.7 Å². The third-order valence-corrected chi connectivity index (χ3v) is 4.73. The Morgan fingerprint density at radius 2 is 2.03 bits per heavy atom. The third kappa shape index (κ3) is 4.30. The average molecular weight is 405 g/mol. The van der Waals surface area contributed by atoms with Crippen LogP contribution in [-0.2, 0) is 4.79 Å². The van der Waals surface area contributed by atoms with Gasteiger partial charge in [-0.1, -0.05) is 30.3 Å². The number of rotatable bonds is 6. The van der Waals surface area contributed by atoms with Gasteiger partial charge in [0.25, 0.3) is 0 Å². The van der Waals surface area contributed by atoms with Crippen molar-refractivity contribution in [2.24, 2.45) is 0 Å². The Kier molecular flexibility index (Phi) is 5.70. The van der Waals surface area contributed by atoms with Gasteiger partial charge in [0, 0.05) is 6.08 Å². The Labute approximate surface area is 174 Å². The first-order valence-corrected chi connectivity index (χ1v) is 9.70. The number of imidazole rings is 1. The summed E-state index contributed by atoms with van der Waals surface area (Å²) in [6.45, 7) is 2.85. The van der Waals surface area contributed by atoms with Crippen molar-refractivity contribution in [3.05, 3.63) is 66.1 Å². The second-order valence-corrected chi connectivity index (χ2v) is 6.86. The number of carbonyl (C=O) groups excluding carboxylic acids is 1. The van der Waals surface area contributed by atoms with Gasteiger partial charge < -0.3 is 24.5 Å². The molecule has 0 aliphatic carbocycles. The van der Waals surface area contributed by atoms with Crippen molar-refractivity contribution >= 4 is 12.0 Å². The van der Waals surface area contributed by atoms with Gasteiger partial charge in [0.1, 0.15) is 19.0 Å². The minimum absolute atomic E-state index is 0.228. The zero-order valence-corrected chi connectivity index (χ0v) is 16.8. The third-order valence-electron chi connectivity index (χ3n) is 4.73. The summed E-state index contributed by atoms with van der Waals surface area (Å²) in [5.74, 6) is 2.24. The maximum atomic E-state index is 12.4. The van der Waals surface area contributed by atoms with Crippen LogP contribution in [0.25, 0.3) is 17.3 Å². The number of benzene rings is 2. The second-order valence-electron chi connectivity index (χ2n) is 6.86. The predicted molar refractivity (Wildman–Crippen MR) is 114 cm³/mol. The van der Waals surface area contributed by atoms with E-state index in [0.29, 0.717) is 36.3 Å². The number of aromatic amines is 1. The number of hydrogen-bond acceptors (Lipinski definition) is 5. The number of carbonyl (C=O) groups is 1. The molecule has 1 aromatic heterocycles. The summed E-state index contributed by atoms with van der Waals surface area (Å²) in [6, 6.07) is 13.3. The fourth-order valence-electron chi connectivity index (χ4n) is 3.21. The molecule has 154 valence electrons. The summed E-state index contributed by atoms with van der Waals surface area (Å²) < 4.78 is 16.6. The van der Waals surface area contributed by atoms with E-state index >= 15 is 0 Å². The highest BCUT2D eigenvalue weighted by Gasteiger charge is 2.18. The van der Waals surface area contributed by atoms with E-state index in [0.717, 1.165) is 16.8 Å². The van der Waals surface area contributed by atoms with Gasteiger partial charge in [-0.05, 0) is 36.3 Å². The van der Waals surface area contributed by atoms with Gasteiger partial charge in [-0.15, -0.1) is 0 Å². The summed E-state index contributed by atoms with van der Waals surface area (Å²) in [5.41, 5.74) is 2.73. The van der Waals surface area contributed by atoms with Gasteiger partial charge in [0.05, 0.1) is 25.0 Å². The van der Waals surface area contributed by atoms with Crippen LogP contribution < -0.4 is 19.5 Å². The van der Waals surface area contributed by atoms with Gasteiger partial charge in [-0.25, -0.2) is 4.98 Å².